The van der Waals surface area contributed by atoms with E-state index in [1.54, 1.807) is 13.8 Å². The number of amides is 4. The highest BCUT2D eigenvalue weighted by molar-refractivity contribution is 5.98. The lowest BCUT2D eigenvalue weighted by molar-refractivity contribution is -0.128. The van der Waals surface area contributed by atoms with Crippen LogP contribution in [0, 0.1) is 0 Å². The predicted octanol–water partition coefficient (Wildman–Crippen LogP) is 1.40. The summed E-state index contributed by atoms with van der Waals surface area (Å²) in [7, 11) is 0. The molecule has 0 bridgehead atoms. The van der Waals surface area contributed by atoms with Crippen molar-refractivity contribution in [1.29, 1.82) is 0 Å². The van der Waals surface area contributed by atoms with Crippen molar-refractivity contribution in [2.24, 2.45) is 0 Å². The molecule has 0 aliphatic carbocycles. The zero-order chi connectivity index (χ0) is 18.7. The predicted molar refractivity (Wildman–Crippen MR) is 96.8 cm³/mol. The summed E-state index contributed by atoms with van der Waals surface area (Å²) < 4.78 is 0. The van der Waals surface area contributed by atoms with E-state index in [1.165, 1.54) is 0 Å². The molecule has 1 aromatic rings. The van der Waals surface area contributed by atoms with Crippen molar-refractivity contribution < 1.29 is 14.4 Å². The summed E-state index contributed by atoms with van der Waals surface area (Å²) in [4.78, 5) is 37.8. The summed E-state index contributed by atoms with van der Waals surface area (Å²) in [5.41, 5.74) is 3.11. The Morgan fingerprint density at radius 1 is 1.27 bits per heavy atom. The Morgan fingerprint density at radius 2 is 2.00 bits per heavy atom. The Bertz CT molecular complexity index is 772. The molecule has 0 radical (unpaired) electrons. The molecular formula is C19H24N4O3. The number of carbonyl (C=O) groups is 3. The minimum atomic E-state index is -0.346. The maximum Gasteiger partial charge on any atom is 0.319 e. The van der Waals surface area contributed by atoms with Gasteiger partial charge in [-0.15, -0.1) is 0 Å². The smallest absolute Gasteiger partial charge is 0.319 e. The number of nitrogens with zero attached hydrogens (tertiary/aromatic N) is 1. The van der Waals surface area contributed by atoms with Crippen LogP contribution in [0.4, 0.5) is 4.79 Å². The van der Waals surface area contributed by atoms with Crippen LogP contribution in [0.5, 0.6) is 0 Å². The third-order valence-electron chi connectivity index (χ3n) is 4.82. The first-order chi connectivity index (χ1) is 12.5. The van der Waals surface area contributed by atoms with E-state index < -0.39 is 0 Å². The van der Waals surface area contributed by atoms with E-state index in [-0.39, 0.29) is 23.9 Å². The molecule has 0 spiro atoms. The van der Waals surface area contributed by atoms with Gasteiger partial charge in [0, 0.05) is 31.8 Å². The lowest BCUT2D eigenvalue weighted by atomic mass is 10.0. The second kappa shape index (κ2) is 7.59. The molecule has 3 rings (SSSR count). The van der Waals surface area contributed by atoms with Gasteiger partial charge in [-0.05, 0) is 31.4 Å². The van der Waals surface area contributed by atoms with Gasteiger partial charge in [0.05, 0.1) is 11.6 Å². The summed E-state index contributed by atoms with van der Waals surface area (Å²) in [5.74, 6) is -0.0305. The third-order valence-corrected chi connectivity index (χ3v) is 4.82. The molecule has 4 amide bonds. The van der Waals surface area contributed by atoms with Crippen molar-refractivity contribution in [3.8, 4) is 0 Å². The zero-order valence-electron chi connectivity index (χ0n) is 15.1. The first-order valence-electron chi connectivity index (χ1n) is 8.86. The normalized spacial score (nSPS) is 20.1. The van der Waals surface area contributed by atoms with Gasteiger partial charge in [0.2, 0.25) is 5.91 Å². The highest BCUT2D eigenvalue weighted by Crippen LogP contribution is 2.18. The zero-order valence-corrected chi connectivity index (χ0v) is 15.1. The molecule has 26 heavy (non-hydrogen) atoms. The van der Waals surface area contributed by atoms with Crippen LogP contribution in [0.1, 0.15) is 37.8 Å². The largest absolute Gasteiger partial charge is 0.348 e. The van der Waals surface area contributed by atoms with E-state index in [1.807, 2.05) is 29.2 Å². The van der Waals surface area contributed by atoms with Gasteiger partial charge in [-0.3, -0.25) is 9.59 Å². The molecule has 7 nitrogen and oxygen atoms in total. The molecule has 2 heterocycles. The number of nitrogens with one attached hydrogen (secondary N) is 3. The van der Waals surface area contributed by atoms with Gasteiger partial charge in [0.25, 0.3) is 5.91 Å². The Morgan fingerprint density at radius 3 is 2.65 bits per heavy atom. The van der Waals surface area contributed by atoms with Crippen LogP contribution >= 0.6 is 0 Å². The molecule has 1 fully saturated rings. The van der Waals surface area contributed by atoms with Gasteiger partial charge >= 0.3 is 6.03 Å². The van der Waals surface area contributed by atoms with Crippen molar-refractivity contribution in [2.75, 3.05) is 6.54 Å². The summed E-state index contributed by atoms with van der Waals surface area (Å²) in [6, 6.07) is 7.17. The fourth-order valence-corrected chi connectivity index (χ4v) is 3.47. The van der Waals surface area contributed by atoms with Crippen LogP contribution in [0.15, 0.2) is 35.5 Å². The van der Waals surface area contributed by atoms with Crippen molar-refractivity contribution in [3.05, 3.63) is 46.7 Å². The molecule has 1 saturated heterocycles. The van der Waals surface area contributed by atoms with E-state index in [9.17, 15) is 14.4 Å². The van der Waals surface area contributed by atoms with Crippen LogP contribution in [0.2, 0.25) is 0 Å². The molecular weight excluding hydrogens is 332 g/mol. The van der Waals surface area contributed by atoms with Crippen LogP contribution in [-0.2, 0) is 22.7 Å². The number of hydrogen-bond acceptors (Lipinski definition) is 3. The van der Waals surface area contributed by atoms with Crippen LogP contribution in [0.25, 0.3) is 0 Å². The third kappa shape index (κ3) is 3.87. The Balaban J connectivity index is 1.68. The lowest BCUT2D eigenvalue weighted by Crippen LogP contribution is -2.50. The number of urea groups is 1. The Hall–Kier alpha value is -2.83. The van der Waals surface area contributed by atoms with Crippen molar-refractivity contribution in [3.63, 3.8) is 0 Å². The van der Waals surface area contributed by atoms with Crippen molar-refractivity contribution in [2.45, 2.75) is 45.8 Å². The molecule has 1 aromatic carbocycles. The van der Waals surface area contributed by atoms with E-state index in [2.05, 4.69) is 16.0 Å². The Kier molecular flexibility index (Phi) is 5.25. The summed E-state index contributed by atoms with van der Waals surface area (Å²) in [6.45, 7) is 5.23. The van der Waals surface area contributed by atoms with Crippen LogP contribution in [0.3, 0.4) is 0 Å². The van der Waals surface area contributed by atoms with Gasteiger partial charge in [0.1, 0.15) is 0 Å². The molecule has 0 unspecified atom stereocenters. The van der Waals surface area contributed by atoms with Crippen molar-refractivity contribution >= 4 is 17.8 Å². The molecule has 7 heteroatoms. The molecule has 0 saturated carbocycles. The van der Waals surface area contributed by atoms with Gasteiger partial charge in [-0.1, -0.05) is 24.3 Å². The highest BCUT2D eigenvalue weighted by atomic mass is 16.2. The number of carbonyl (C=O) groups excluding carboxylic acids is 3. The second-order valence-corrected chi connectivity index (χ2v) is 6.73. The van der Waals surface area contributed by atoms with Crippen LogP contribution < -0.4 is 16.0 Å². The van der Waals surface area contributed by atoms with E-state index >= 15 is 0 Å². The van der Waals surface area contributed by atoms with Gasteiger partial charge < -0.3 is 20.9 Å². The number of rotatable bonds is 5. The fraction of sp³-hybridized carbons (Fsp3) is 0.421. The highest BCUT2D eigenvalue weighted by Gasteiger charge is 2.26. The Labute approximate surface area is 152 Å². The first-order valence-corrected chi connectivity index (χ1v) is 8.86. The number of allylic oxidation sites excluding steroid dienone is 1. The van der Waals surface area contributed by atoms with E-state index in [0.717, 1.165) is 24.1 Å². The monoisotopic (exact) mass is 356 g/mol. The van der Waals surface area contributed by atoms with E-state index in [4.69, 9.17) is 0 Å². The van der Waals surface area contributed by atoms with Gasteiger partial charge in [-0.25, -0.2) is 4.79 Å². The minimum absolute atomic E-state index is 0.183. The quantitative estimate of drug-likeness (QED) is 0.745. The molecule has 0 aromatic heterocycles. The van der Waals surface area contributed by atoms with E-state index in [0.29, 0.717) is 30.8 Å². The SMILES string of the molecule is CC1=C(C(=O)NCc2ccccc2CN2CCCC2=O)[C@H](C)NC(=O)N1. The summed E-state index contributed by atoms with van der Waals surface area (Å²) >= 11 is 0. The van der Waals surface area contributed by atoms with Crippen LogP contribution in [-0.4, -0.2) is 35.3 Å². The summed E-state index contributed by atoms with van der Waals surface area (Å²) in [5, 5.41) is 8.25. The molecule has 2 aliphatic heterocycles. The maximum absolute atomic E-state index is 12.6. The standard InChI is InChI=1S/C19H24N4O3/c1-12-17(13(2)22-19(26)21-12)18(25)20-10-14-6-3-4-7-15(14)11-23-9-5-8-16(23)24/h3-4,6-7,12H,5,8-11H2,1-2H3,(H,20,25)(H2,21,22,26)/t12-/m0/s1. The van der Waals surface area contributed by atoms with Gasteiger partial charge in [-0.2, -0.15) is 0 Å². The maximum atomic E-state index is 12.6. The first kappa shape index (κ1) is 18.0. The molecule has 3 N–H and O–H groups in total. The number of benzene rings is 1. The molecule has 138 valence electrons. The number of hydrogen-bond donors (Lipinski definition) is 3. The summed E-state index contributed by atoms with van der Waals surface area (Å²) in [6.07, 6.45) is 1.52. The topological polar surface area (TPSA) is 90.5 Å². The molecule has 1 atom stereocenters. The van der Waals surface area contributed by atoms with Crippen molar-refractivity contribution in [1.82, 2.24) is 20.9 Å². The fourth-order valence-electron chi connectivity index (χ4n) is 3.47. The second-order valence-electron chi connectivity index (χ2n) is 6.73. The average molecular weight is 356 g/mol. The lowest BCUT2D eigenvalue weighted by Gasteiger charge is -2.25. The van der Waals surface area contributed by atoms with Gasteiger partial charge in [0.15, 0.2) is 0 Å². The average Bonchev–Trinajstić information content (AvgIpc) is 2.98. The minimum Gasteiger partial charge on any atom is -0.348 e. The number of likely N-dealkylation sites (tertiary alicyclic amines) is 1. The molecule has 2 aliphatic rings.